The summed E-state index contributed by atoms with van der Waals surface area (Å²) in [6.07, 6.45) is 2.69. The van der Waals surface area contributed by atoms with E-state index in [0.717, 1.165) is 0 Å². The van der Waals surface area contributed by atoms with Gasteiger partial charge in [0.25, 0.3) is 0 Å². The average Bonchev–Trinajstić information content (AvgIpc) is 2.65. The largest absolute Gasteiger partial charge is 0.453 e. The highest BCUT2D eigenvalue weighted by atomic mass is 19.1. The minimum absolute atomic E-state index is 0.000775. The van der Waals surface area contributed by atoms with Crippen LogP contribution in [0.1, 0.15) is 11.3 Å². The lowest BCUT2D eigenvalue weighted by molar-refractivity contribution is 0.441. The van der Waals surface area contributed by atoms with Crippen molar-refractivity contribution >= 4 is 11.5 Å². The highest BCUT2D eigenvalue weighted by Crippen LogP contribution is 2.29. The number of ether oxygens (including phenoxy) is 1. The van der Waals surface area contributed by atoms with Crippen LogP contribution in [0.25, 0.3) is 0 Å². The molecule has 0 atom stereocenters. The summed E-state index contributed by atoms with van der Waals surface area (Å²) in [5, 5.41) is 20.6. The third-order valence-electron chi connectivity index (χ3n) is 3.20. The second-order valence-electron chi connectivity index (χ2n) is 4.88. The van der Waals surface area contributed by atoms with Gasteiger partial charge < -0.3 is 10.1 Å². The molecule has 1 N–H and O–H groups in total. The van der Waals surface area contributed by atoms with Crippen LogP contribution < -0.4 is 10.1 Å². The fourth-order valence-corrected chi connectivity index (χ4v) is 2.03. The minimum Gasteiger partial charge on any atom is -0.453 e. The highest BCUT2D eigenvalue weighted by Gasteiger charge is 2.09. The van der Waals surface area contributed by atoms with Crippen molar-refractivity contribution in [3.05, 3.63) is 71.9 Å². The van der Waals surface area contributed by atoms with Crippen LogP contribution in [0.4, 0.5) is 15.9 Å². The van der Waals surface area contributed by atoms with E-state index in [4.69, 9.17) is 15.3 Å². The Bertz CT molecular complexity index is 990. The second-order valence-corrected chi connectivity index (χ2v) is 4.88. The maximum absolute atomic E-state index is 14.3. The quantitative estimate of drug-likeness (QED) is 0.779. The normalized spacial score (nSPS) is 9.72. The van der Waals surface area contributed by atoms with Crippen LogP contribution in [0.3, 0.4) is 0 Å². The number of hydrogen-bond acceptors (Lipinski definition) is 6. The number of hydrogen-bond donors (Lipinski definition) is 1. The zero-order valence-electron chi connectivity index (χ0n) is 12.8. The van der Waals surface area contributed by atoms with Gasteiger partial charge in [0.05, 0.1) is 18.0 Å². The molecule has 0 saturated heterocycles. The van der Waals surface area contributed by atoms with E-state index >= 15 is 0 Å². The number of anilines is 2. The molecule has 1 aromatic heterocycles. The summed E-state index contributed by atoms with van der Waals surface area (Å²) in [5.41, 5.74) is 0.950. The van der Waals surface area contributed by atoms with E-state index in [1.165, 1.54) is 24.5 Å². The lowest BCUT2D eigenvalue weighted by Gasteiger charge is -2.10. The third kappa shape index (κ3) is 3.69. The molecule has 0 fully saturated rings. The number of nitrogens with zero attached hydrogens (tertiary/aromatic N) is 4. The molecule has 0 spiro atoms. The van der Waals surface area contributed by atoms with E-state index in [1.807, 2.05) is 12.1 Å². The standard InChI is InChI=1S/C18H10FN5O/c19-15-7-13(24-18-11-22-14(9-21)10-23-18)5-6-17(15)25-16-4-2-1-3-12(16)8-20/h1-7,10-11H,(H,23,24). The molecule has 0 saturated carbocycles. The van der Waals surface area contributed by atoms with Crippen molar-refractivity contribution in [3.63, 3.8) is 0 Å². The van der Waals surface area contributed by atoms with Crippen molar-refractivity contribution < 1.29 is 9.13 Å². The van der Waals surface area contributed by atoms with Crippen molar-refractivity contribution in [2.24, 2.45) is 0 Å². The zero-order chi connectivity index (χ0) is 17.6. The lowest BCUT2D eigenvalue weighted by atomic mass is 10.2. The molecule has 25 heavy (non-hydrogen) atoms. The summed E-state index contributed by atoms with van der Waals surface area (Å²) in [6, 6.07) is 14.7. The van der Waals surface area contributed by atoms with Crippen molar-refractivity contribution in [2.45, 2.75) is 0 Å². The first-order valence-electron chi connectivity index (χ1n) is 7.15. The molecule has 0 bridgehead atoms. The molecule has 0 aliphatic carbocycles. The van der Waals surface area contributed by atoms with Gasteiger partial charge in [-0.2, -0.15) is 10.5 Å². The summed E-state index contributed by atoms with van der Waals surface area (Å²) in [6.45, 7) is 0. The molecule has 0 radical (unpaired) electrons. The molecule has 6 nitrogen and oxygen atoms in total. The summed E-state index contributed by atoms with van der Waals surface area (Å²) in [7, 11) is 0. The van der Waals surface area contributed by atoms with Crippen LogP contribution in [0.5, 0.6) is 11.5 Å². The molecule has 120 valence electrons. The van der Waals surface area contributed by atoms with E-state index in [0.29, 0.717) is 17.1 Å². The number of para-hydroxylation sites is 1. The average molecular weight is 331 g/mol. The van der Waals surface area contributed by atoms with Crippen molar-refractivity contribution in [1.82, 2.24) is 9.97 Å². The Morgan fingerprint density at radius 1 is 0.960 bits per heavy atom. The van der Waals surface area contributed by atoms with Crippen molar-refractivity contribution in [3.8, 4) is 23.6 Å². The zero-order valence-corrected chi connectivity index (χ0v) is 12.8. The summed E-state index contributed by atoms with van der Waals surface area (Å²) < 4.78 is 19.7. The first kappa shape index (κ1) is 15.9. The molecule has 1 heterocycles. The number of nitrogens with one attached hydrogen (secondary N) is 1. The predicted molar refractivity (Wildman–Crippen MR) is 87.7 cm³/mol. The van der Waals surface area contributed by atoms with Gasteiger partial charge >= 0.3 is 0 Å². The molecular formula is C18H10FN5O. The molecule has 0 unspecified atom stereocenters. The minimum atomic E-state index is -0.598. The van der Waals surface area contributed by atoms with E-state index in [9.17, 15) is 4.39 Å². The van der Waals surface area contributed by atoms with Crippen LogP contribution >= 0.6 is 0 Å². The fourth-order valence-electron chi connectivity index (χ4n) is 2.03. The molecule has 0 aliphatic rings. The maximum atomic E-state index is 14.3. The lowest BCUT2D eigenvalue weighted by Crippen LogP contribution is -1.97. The number of rotatable bonds is 4. The topological polar surface area (TPSA) is 94.6 Å². The van der Waals surface area contributed by atoms with Crippen molar-refractivity contribution in [2.75, 3.05) is 5.32 Å². The van der Waals surface area contributed by atoms with Crippen LogP contribution in [0.15, 0.2) is 54.9 Å². The van der Waals surface area contributed by atoms with E-state index < -0.39 is 5.82 Å². The van der Waals surface area contributed by atoms with Gasteiger partial charge in [-0.3, -0.25) is 0 Å². The van der Waals surface area contributed by atoms with Crippen LogP contribution in [0, 0.1) is 28.5 Å². The number of halogens is 1. The Morgan fingerprint density at radius 3 is 2.48 bits per heavy atom. The third-order valence-corrected chi connectivity index (χ3v) is 3.20. The summed E-state index contributed by atoms with van der Waals surface area (Å²) in [4.78, 5) is 7.87. The maximum Gasteiger partial charge on any atom is 0.167 e. The number of benzene rings is 2. The van der Waals surface area contributed by atoms with E-state index in [-0.39, 0.29) is 17.2 Å². The van der Waals surface area contributed by atoms with Gasteiger partial charge in [-0.1, -0.05) is 12.1 Å². The number of aromatic nitrogens is 2. The molecule has 7 heteroatoms. The van der Waals surface area contributed by atoms with Gasteiger partial charge in [0.2, 0.25) is 0 Å². The Kier molecular flexibility index (Phi) is 4.50. The van der Waals surface area contributed by atoms with Crippen molar-refractivity contribution in [1.29, 1.82) is 10.5 Å². The molecule has 2 aromatic carbocycles. The Balaban J connectivity index is 1.79. The van der Waals surface area contributed by atoms with Gasteiger partial charge in [-0.25, -0.2) is 14.4 Å². The predicted octanol–water partition coefficient (Wildman–Crippen LogP) is 3.89. The Morgan fingerprint density at radius 2 is 1.80 bits per heavy atom. The Labute approximate surface area is 142 Å². The smallest absolute Gasteiger partial charge is 0.167 e. The van der Waals surface area contributed by atoms with Crippen LogP contribution in [0.2, 0.25) is 0 Å². The first-order valence-corrected chi connectivity index (χ1v) is 7.15. The fraction of sp³-hybridized carbons (Fsp3) is 0. The van der Waals surface area contributed by atoms with Crippen LogP contribution in [-0.2, 0) is 0 Å². The highest BCUT2D eigenvalue weighted by molar-refractivity contribution is 5.57. The van der Waals surface area contributed by atoms with Crippen LogP contribution in [-0.4, -0.2) is 9.97 Å². The SMILES string of the molecule is N#Cc1cnc(Nc2ccc(Oc3ccccc3C#N)c(F)c2)cn1. The first-order chi connectivity index (χ1) is 12.2. The van der Waals surface area contributed by atoms with Gasteiger partial charge in [-0.15, -0.1) is 0 Å². The molecule has 0 aliphatic heterocycles. The Hall–Kier alpha value is -3.97. The molecule has 0 amide bonds. The molecule has 3 rings (SSSR count). The van der Waals surface area contributed by atoms with Gasteiger partial charge in [-0.05, 0) is 24.3 Å². The summed E-state index contributed by atoms with van der Waals surface area (Å²) in [5.74, 6) is 0.0583. The van der Waals surface area contributed by atoms with Gasteiger partial charge in [0, 0.05) is 11.8 Å². The number of nitriles is 2. The monoisotopic (exact) mass is 331 g/mol. The van der Waals surface area contributed by atoms with Gasteiger partial charge in [0.1, 0.15) is 23.7 Å². The van der Waals surface area contributed by atoms with Gasteiger partial charge in [0.15, 0.2) is 17.3 Å². The second kappa shape index (κ2) is 7.07. The molecular weight excluding hydrogens is 321 g/mol. The summed E-state index contributed by atoms with van der Waals surface area (Å²) >= 11 is 0. The van der Waals surface area contributed by atoms with E-state index in [1.54, 1.807) is 30.3 Å². The van der Waals surface area contributed by atoms with E-state index in [2.05, 4.69) is 15.3 Å². The molecule has 3 aromatic rings.